The van der Waals surface area contributed by atoms with Gasteiger partial charge in [0.05, 0.1) is 13.2 Å². The number of benzene rings is 1. The molecular weight excluding hydrogens is 292 g/mol. The number of hydrogen-bond donors (Lipinski definition) is 0. The minimum absolute atomic E-state index is 0.564. The lowest BCUT2D eigenvalue weighted by molar-refractivity contribution is 0.233. The fourth-order valence-corrected chi connectivity index (χ4v) is 2.23. The molecule has 0 aliphatic carbocycles. The van der Waals surface area contributed by atoms with Crippen LogP contribution in [0.2, 0.25) is 0 Å². The highest BCUT2D eigenvalue weighted by atomic mass is 79.9. The van der Waals surface area contributed by atoms with Gasteiger partial charge in [-0.15, -0.1) is 0 Å². The minimum Gasteiger partial charge on any atom is -0.490 e. The summed E-state index contributed by atoms with van der Waals surface area (Å²) >= 11 is 3.54. The van der Waals surface area contributed by atoms with Crippen LogP contribution in [0, 0.1) is 5.92 Å². The van der Waals surface area contributed by atoms with Crippen molar-refractivity contribution in [3.05, 3.63) is 24.3 Å². The van der Waals surface area contributed by atoms with Gasteiger partial charge in [0.25, 0.3) is 0 Å². The summed E-state index contributed by atoms with van der Waals surface area (Å²) in [4.78, 5) is 0. The minimum atomic E-state index is 0.564. The second kappa shape index (κ2) is 9.26. The largest absolute Gasteiger partial charge is 0.490 e. The summed E-state index contributed by atoms with van der Waals surface area (Å²) in [6.45, 7) is 5.78. The topological polar surface area (TPSA) is 18.5 Å². The van der Waals surface area contributed by atoms with E-state index in [0.717, 1.165) is 36.5 Å². The van der Waals surface area contributed by atoms with Crippen LogP contribution < -0.4 is 9.47 Å². The van der Waals surface area contributed by atoms with Crippen molar-refractivity contribution < 1.29 is 9.47 Å². The van der Waals surface area contributed by atoms with Gasteiger partial charge >= 0.3 is 0 Å². The first-order chi connectivity index (χ1) is 8.81. The maximum absolute atomic E-state index is 5.88. The third-order valence-corrected chi connectivity index (χ3v) is 3.62. The van der Waals surface area contributed by atoms with Crippen molar-refractivity contribution in [1.29, 1.82) is 0 Å². The van der Waals surface area contributed by atoms with Crippen LogP contribution in [0.25, 0.3) is 0 Å². The molecule has 3 heteroatoms. The number of ether oxygens (including phenoxy) is 2. The van der Waals surface area contributed by atoms with Crippen LogP contribution >= 0.6 is 15.9 Å². The molecule has 1 atom stereocenters. The fraction of sp³-hybridized carbons (Fsp3) is 0.600. The van der Waals surface area contributed by atoms with Crippen LogP contribution in [0.3, 0.4) is 0 Å². The molecule has 0 aromatic heterocycles. The Labute approximate surface area is 119 Å². The molecule has 0 saturated heterocycles. The highest BCUT2D eigenvalue weighted by molar-refractivity contribution is 9.09. The molecule has 0 aliphatic rings. The summed E-state index contributed by atoms with van der Waals surface area (Å²) in [5.41, 5.74) is 0. The second-order valence-electron chi connectivity index (χ2n) is 4.42. The van der Waals surface area contributed by atoms with E-state index in [4.69, 9.17) is 9.47 Å². The van der Waals surface area contributed by atoms with Gasteiger partial charge in [0.1, 0.15) is 0 Å². The third-order valence-electron chi connectivity index (χ3n) is 2.70. The van der Waals surface area contributed by atoms with Crippen molar-refractivity contribution in [2.75, 3.05) is 18.5 Å². The van der Waals surface area contributed by atoms with Crippen molar-refractivity contribution in [1.82, 2.24) is 0 Å². The zero-order valence-electron chi connectivity index (χ0n) is 11.3. The molecule has 1 unspecified atom stereocenters. The van der Waals surface area contributed by atoms with Gasteiger partial charge in [-0.05, 0) is 25.0 Å². The predicted molar refractivity (Wildman–Crippen MR) is 79.9 cm³/mol. The Balaban J connectivity index is 2.54. The molecule has 102 valence electrons. The van der Waals surface area contributed by atoms with Gasteiger partial charge in [-0.2, -0.15) is 0 Å². The van der Waals surface area contributed by atoms with Crippen LogP contribution in [0.1, 0.15) is 33.1 Å². The van der Waals surface area contributed by atoms with Crippen LogP contribution in [-0.4, -0.2) is 18.5 Å². The summed E-state index contributed by atoms with van der Waals surface area (Å²) in [5.74, 6) is 2.27. The van der Waals surface area contributed by atoms with E-state index in [1.165, 1.54) is 12.8 Å². The van der Waals surface area contributed by atoms with Gasteiger partial charge in [-0.25, -0.2) is 0 Å². The molecule has 0 amide bonds. The van der Waals surface area contributed by atoms with Crippen LogP contribution in [0.4, 0.5) is 0 Å². The van der Waals surface area contributed by atoms with E-state index in [9.17, 15) is 0 Å². The molecule has 0 spiro atoms. The molecule has 0 fully saturated rings. The highest BCUT2D eigenvalue weighted by Gasteiger charge is 2.09. The predicted octanol–water partition coefficient (Wildman–Crippen LogP) is 4.67. The second-order valence-corrected chi connectivity index (χ2v) is 5.06. The lowest BCUT2D eigenvalue weighted by Crippen LogP contribution is -2.13. The summed E-state index contributed by atoms with van der Waals surface area (Å²) in [6, 6.07) is 7.90. The molecule has 2 nitrogen and oxygen atoms in total. The Bertz CT molecular complexity index is 328. The SMILES string of the molecule is CCCOc1ccccc1OCC(CBr)CCC. The number of para-hydroxylation sites is 2. The van der Waals surface area contributed by atoms with Gasteiger partial charge in [0.2, 0.25) is 0 Å². The van der Waals surface area contributed by atoms with Gasteiger partial charge in [-0.1, -0.05) is 48.3 Å². The van der Waals surface area contributed by atoms with Crippen molar-refractivity contribution >= 4 is 15.9 Å². The van der Waals surface area contributed by atoms with Crippen LogP contribution in [0.15, 0.2) is 24.3 Å². The van der Waals surface area contributed by atoms with Crippen LogP contribution in [-0.2, 0) is 0 Å². The van der Waals surface area contributed by atoms with E-state index in [-0.39, 0.29) is 0 Å². The van der Waals surface area contributed by atoms with Crippen molar-refractivity contribution in [2.24, 2.45) is 5.92 Å². The first-order valence-corrected chi connectivity index (χ1v) is 7.84. The lowest BCUT2D eigenvalue weighted by atomic mass is 10.1. The fourth-order valence-electron chi connectivity index (χ4n) is 1.72. The Hall–Kier alpha value is -0.700. The lowest BCUT2D eigenvalue weighted by Gasteiger charge is -2.16. The number of rotatable bonds is 9. The Morgan fingerprint density at radius 2 is 1.72 bits per heavy atom. The van der Waals surface area contributed by atoms with Gasteiger partial charge in [0.15, 0.2) is 11.5 Å². The standard InChI is InChI=1S/C15H23BrO2/c1-3-7-13(11-16)12-18-15-9-6-5-8-14(15)17-10-4-2/h5-6,8-9,13H,3-4,7,10-12H2,1-2H3. The molecule has 0 aliphatic heterocycles. The number of alkyl halides is 1. The molecule has 1 rings (SSSR count). The Morgan fingerprint density at radius 1 is 1.06 bits per heavy atom. The zero-order chi connectivity index (χ0) is 13.2. The average molecular weight is 315 g/mol. The van der Waals surface area contributed by atoms with Gasteiger partial charge in [0, 0.05) is 11.2 Å². The van der Waals surface area contributed by atoms with E-state index >= 15 is 0 Å². The maximum atomic E-state index is 5.88. The molecule has 0 heterocycles. The molecule has 0 bridgehead atoms. The van der Waals surface area contributed by atoms with Crippen molar-refractivity contribution in [3.63, 3.8) is 0 Å². The van der Waals surface area contributed by atoms with E-state index in [1.807, 2.05) is 24.3 Å². The molecule has 18 heavy (non-hydrogen) atoms. The van der Waals surface area contributed by atoms with Gasteiger partial charge < -0.3 is 9.47 Å². The molecule has 1 aromatic rings. The number of hydrogen-bond acceptors (Lipinski definition) is 2. The first-order valence-electron chi connectivity index (χ1n) is 6.72. The highest BCUT2D eigenvalue weighted by Crippen LogP contribution is 2.27. The van der Waals surface area contributed by atoms with E-state index in [1.54, 1.807) is 0 Å². The van der Waals surface area contributed by atoms with E-state index < -0.39 is 0 Å². The van der Waals surface area contributed by atoms with Crippen molar-refractivity contribution in [2.45, 2.75) is 33.1 Å². The van der Waals surface area contributed by atoms with Crippen LogP contribution in [0.5, 0.6) is 11.5 Å². The smallest absolute Gasteiger partial charge is 0.161 e. The summed E-state index contributed by atoms with van der Waals surface area (Å²) in [6.07, 6.45) is 3.38. The summed E-state index contributed by atoms with van der Waals surface area (Å²) < 4.78 is 11.6. The maximum Gasteiger partial charge on any atom is 0.161 e. The molecule has 1 aromatic carbocycles. The molecule has 0 N–H and O–H groups in total. The number of halogens is 1. The van der Waals surface area contributed by atoms with E-state index in [2.05, 4.69) is 29.8 Å². The molecule has 0 radical (unpaired) electrons. The first kappa shape index (κ1) is 15.4. The zero-order valence-corrected chi connectivity index (χ0v) is 12.9. The Morgan fingerprint density at radius 3 is 2.28 bits per heavy atom. The third kappa shape index (κ3) is 5.30. The van der Waals surface area contributed by atoms with Crippen molar-refractivity contribution in [3.8, 4) is 11.5 Å². The van der Waals surface area contributed by atoms with E-state index in [0.29, 0.717) is 5.92 Å². The quantitative estimate of drug-likeness (QED) is 0.617. The Kier molecular flexibility index (Phi) is 7.90. The average Bonchev–Trinajstić information content (AvgIpc) is 2.42. The summed E-state index contributed by atoms with van der Waals surface area (Å²) in [5, 5.41) is 0.985. The normalized spacial score (nSPS) is 12.2. The molecular formula is C15H23BrO2. The summed E-state index contributed by atoms with van der Waals surface area (Å²) in [7, 11) is 0. The van der Waals surface area contributed by atoms with Gasteiger partial charge in [-0.3, -0.25) is 0 Å². The monoisotopic (exact) mass is 314 g/mol. The molecule has 0 saturated carbocycles.